The lowest BCUT2D eigenvalue weighted by Gasteiger charge is -2.26. The number of likely N-dealkylation sites (N-methyl/N-ethyl adjacent to an activating group) is 1. The number of hydrogen-bond donors (Lipinski definition) is 4. The van der Waals surface area contributed by atoms with Crippen LogP contribution in [0.3, 0.4) is 0 Å². The maximum atomic E-state index is 12.1. The maximum Gasteiger partial charge on any atom is 0.325 e. The van der Waals surface area contributed by atoms with Crippen LogP contribution in [0.1, 0.15) is 113 Å². The van der Waals surface area contributed by atoms with Gasteiger partial charge in [0.1, 0.15) is 12.8 Å². The van der Waals surface area contributed by atoms with Crippen molar-refractivity contribution < 1.29 is 33.5 Å². The monoisotopic (exact) mass is 625 g/mol. The lowest BCUT2D eigenvalue weighted by molar-refractivity contribution is -0.146. The topological polar surface area (TPSA) is 177 Å². The zero-order chi connectivity index (χ0) is 33.9. The van der Waals surface area contributed by atoms with Crippen molar-refractivity contribution >= 4 is 35.9 Å². The largest absolute Gasteiger partial charge is 0.462 e. The van der Waals surface area contributed by atoms with E-state index in [-0.39, 0.29) is 30.0 Å². The van der Waals surface area contributed by atoms with Crippen molar-refractivity contribution in [1.29, 1.82) is 0 Å². The molecule has 2 unspecified atom stereocenters. The average Bonchev–Trinajstić information content (AvgIpc) is 3.60. The van der Waals surface area contributed by atoms with Gasteiger partial charge in [0, 0.05) is 0 Å². The van der Waals surface area contributed by atoms with Crippen molar-refractivity contribution in [2.24, 2.45) is 17.1 Å². The number of nitrogens with two attached hydrogens (primary N) is 1. The molecule has 3 fully saturated rings. The minimum atomic E-state index is -0.967. The summed E-state index contributed by atoms with van der Waals surface area (Å²) in [6, 6.07) is -2.12. The highest BCUT2D eigenvalue weighted by Crippen LogP contribution is 2.33. The molecular weight excluding hydrogens is 566 g/mol. The predicted molar refractivity (Wildman–Crippen MR) is 171 cm³/mol. The molecule has 12 nitrogen and oxygen atoms in total. The van der Waals surface area contributed by atoms with E-state index in [4.69, 9.17) is 10.5 Å². The summed E-state index contributed by atoms with van der Waals surface area (Å²) in [6.07, 6.45) is 12.1. The molecule has 0 bridgehead atoms. The normalized spacial score (nSPS) is 18.6. The number of urea groups is 1. The van der Waals surface area contributed by atoms with E-state index in [9.17, 15) is 28.8 Å². The first-order valence-electron chi connectivity index (χ1n) is 16.1. The highest BCUT2D eigenvalue weighted by molar-refractivity contribution is 6.37. The van der Waals surface area contributed by atoms with Crippen LogP contribution in [0.5, 0.6) is 0 Å². The summed E-state index contributed by atoms with van der Waals surface area (Å²) in [6.45, 7) is 13.9. The molecule has 3 atom stereocenters. The third-order valence-corrected chi connectivity index (χ3v) is 7.08. The van der Waals surface area contributed by atoms with E-state index in [1.54, 1.807) is 13.8 Å². The molecule has 12 heteroatoms. The number of ether oxygens (including phenoxy) is 1. The molecule has 0 aromatic heterocycles. The summed E-state index contributed by atoms with van der Waals surface area (Å²) in [5.41, 5.74) is 4.66. The number of ketones is 1. The van der Waals surface area contributed by atoms with Crippen LogP contribution in [0.4, 0.5) is 4.79 Å². The molecule has 0 aromatic carbocycles. The molecule has 3 aliphatic rings. The fourth-order valence-corrected chi connectivity index (χ4v) is 3.95. The second-order valence-corrected chi connectivity index (χ2v) is 13.1. The number of Topliss-reactive ketones (excluding diaryl/α,β-unsaturated/α-hetero) is 1. The van der Waals surface area contributed by atoms with Crippen LogP contribution in [-0.2, 0) is 28.7 Å². The minimum Gasteiger partial charge on any atom is -0.462 e. The molecule has 2 aliphatic carbocycles. The summed E-state index contributed by atoms with van der Waals surface area (Å²) < 4.78 is 4.85. The minimum absolute atomic E-state index is 0.166. The van der Waals surface area contributed by atoms with E-state index < -0.39 is 35.8 Å². The quantitative estimate of drug-likeness (QED) is 0.154. The smallest absolute Gasteiger partial charge is 0.325 e. The number of likely N-dealkylation sites (tertiary alicyclic amines) is 1. The first kappa shape index (κ1) is 41.0. The van der Waals surface area contributed by atoms with Crippen molar-refractivity contribution in [3.8, 4) is 0 Å². The zero-order valence-electron chi connectivity index (χ0n) is 28.3. The van der Waals surface area contributed by atoms with Gasteiger partial charge < -0.3 is 31.2 Å². The summed E-state index contributed by atoms with van der Waals surface area (Å²) >= 11 is 0. The van der Waals surface area contributed by atoms with Gasteiger partial charge >= 0.3 is 12.0 Å². The molecule has 4 amide bonds. The Hall–Kier alpha value is -3.02. The predicted octanol–water partition coefficient (Wildman–Crippen LogP) is 3.25. The van der Waals surface area contributed by atoms with Crippen LogP contribution in [-0.4, -0.2) is 85.2 Å². The number of amides is 4. The fourth-order valence-electron chi connectivity index (χ4n) is 3.95. The number of aldehydes is 1. The fraction of sp³-hybridized carbons (Fsp3) is 0.812. The molecule has 0 spiro atoms. The first-order chi connectivity index (χ1) is 20.6. The second kappa shape index (κ2) is 21.6. The average molecular weight is 626 g/mol. The van der Waals surface area contributed by atoms with Gasteiger partial charge in [0.05, 0.1) is 24.2 Å². The number of carbonyl (C=O) groups is 6. The molecule has 5 N–H and O–H groups in total. The second-order valence-electron chi connectivity index (χ2n) is 13.1. The van der Waals surface area contributed by atoms with Gasteiger partial charge in [-0.05, 0) is 58.0 Å². The van der Waals surface area contributed by atoms with E-state index in [2.05, 4.69) is 29.8 Å². The highest BCUT2D eigenvalue weighted by atomic mass is 16.5. The number of carbonyl (C=O) groups excluding carboxylic acids is 6. The first-order valence-corrected chi connectivity index (χ1v) is 16.1. The number of rotatable bonds is 11. The van der Waals surface area contributed by atoms with Crippen molar-refractivity contribution in [2.75, 3.05) is 20.1 Å². The Labute approximate surface area is 264 Å². The van der Waals surface area contributed by atoms with Gasteiger partial charge in [0.2, 0.25) is 11.7 Å². The SMILES string of the molecule is C1CCC1.CC(C)OC(=O)CNC(=O)NC(C=O)C(C)(C)C.CCC.CN1CCC[C@H]1C(=O)NC(CC1CC1)C(=O)C(N)=O. The van der Waals surface area contributed by atoms with Crippen molar-refractivity contribution in [2.45, 2.75) is 137 Å². The molecule has 1 heterocycles. The van der Waals surface area contributed by atoms with Crippen LogP contribution < -0.4 is 21.7 Å². The Kier molecular flexibility index (Phi) is 20.2. The third kappa shape index (κ3) is 18.6. The van der Waals surface area contributed by atoms with Gasteiger partial charge in [0.15, 0.2) is 0 Å². The van der Waals surface area contributed by atoms with Gasteiger partial charge in [-0.25, -0.2) is 4.79 Å². The molecule has 0 aromatic rings. The molecule has 44 heavy (non-hydrogen) atoms. The van der Waals surface area contributed by atoms with Gasteiger partial charge in [-0.1, -0.05) is 79.6 Å². The number of hydrogen-bond acceptors (Lipinski definition) is 8. The molecule has 2 saturated carbocycles. The van der Waals surface area contributed by atoms with Crippen LogP contribution in [0.2, 0.25) is 0 Å². The molecule has 1 saturated heterocycles. The summed E-state index contributed by atoms with van der Waals surface area (Å²) in [4.78, 5) is 70.3. The van der Waals surface area contributed by atoms with Crippen LogP contribution in [0.15, 0.2) is 0 Å². The lowest BCUT2D eigenvalue weighted by atomic mass is 9.88. The summed E-state index contributed by atoms with van der Waals surface area (Å²) in [5.74, 6) is -1.89. The molecule has 3 rings (SSSR count). The number of primary amides is 1. The maximum absolute atomic E-state index is 12.1. The van der Waals surface area contributed by atoms with Crippen molar-refractivity contribution in [1.82, 2.24) is 20.9 Å². The molecule has 254 valence electrons. The lowest BCUT2D eigenvalue weighted by Crippen LogP contribution is -2.51. The van der Waals surface area contributed by atoms with E-state index in [0.717, 1.165) is 32.2 Å². The number of esters is 1. The standard InChI is InChI=1S/C13H21N3O3.C12H22N2O4.C4H8.C3H8/c1-16-6-2-3-10(16)13(19)15-9(7-8-4-5-8)11(17)12(14)18;1-8(2)18-10(16)6-13-11(17)14-9(7-15)12(3,4)5;1-2-4-3-1;1-3-2/h8-10H,2-7H2,1H3,(H2,14,18)(H,15,19);7-9H,6H2,1-5H3,(H2,13,14,17);1-4H2;3H2,1-2H3/t9?,10-;;;/m0.../s1. The highest BCUT2D eigenvalue weighted by Gasteiger charge is 2.35. The van der Waals surface area contributed by atoms with Crippen LogP contribution >= 0.6 is 0 Å². The zero-order valence-corrected chi connectivity index (χ0v) is 28.3. The number of nitrogens with one attached hydrogen (secondary N) is 3. The van der Waals surface area contributed by atoms with E-state index >= 15 is 0 Å². The van der Waals surface area contributed by atoms with Gasteiger partial charge in [-0.3, -0.25) is 24.1 Å². The van der Waals surface area contributed by atoms with Gasteiger partial charge in [-0.2, -0.15) is 0 Å². The van der Waals surface area contributed by atoms with E-state index in [1.807, 2.05) is 32.7 Å². The summed E-state index contributed by atoms with van der Waals surface area (Å²) in [5, 5.41) is 7.54. The Morgan fingerprint density at radius 1 is 0.955 bits per heavy atom. The Morgan fingerprint density at radius 2 is 1.50 bits per heavy atom. The summed E-state index contributed by atoms with van der Waals surface area (Å²) in [7, 11) is 1.89. The van der Waals surface area contributed by atoms with E-state index in [0.29, 0.717) is 18.6 Å². The number of nitrogens with zero attached hydrogens (tertiary/aromatic N) is 1. The Balaban J connectivity index is 0.000000689. The van der Waals surface area contributed by atoms with Gasteiger partial charge in [-0.15, -0.1) is 0 Å². The molecule has 1 aliphatic heterocycles. The van der Waals surface area contributed by atoms with Gasteiger partial charge in [0.25, 0.3) is 5.91 Å². The van der Waals surface area contributed by atoms with E-state index in [1.165, 1.54) is 32.1 Å². The van der Waals surface area contributed by atoms with Crippen LogP contribution in [0.25, 0.3) is 0 Å². The van der Waals surface area contributed by atoms with Crippen molar-refractivity contribution in [3.05, 3.63) is 0 Å². The Bertz CT molecular complexity index is 907. The van der Waals surface area contributed by atoms with Crippen LogP contribution in [0, 0.1) is 11.3 Å². The Morgan fingerprint density at radius 3 is 1.86 bits per heavy atom. The third-order valence-electron chi connectivity index (χ3n) is 7.08. The van der Waals surface area contributed by atoms with Crippen molar-refractivity contribution in [3.63, 3.8) is 0 Å². The molecule has 0 radical (unpaired) electrons. The molecular formula is C32H59N5O7.